The molecule has 0 aliphatic heterocycles. The molecule has 2 aliphatic carbocycles. The summed E-state index contributed by atoms with van der Waals surface area (Å²) in [6.45, 7) is 0. The van der Waals surface area contributed by atoms with Crippen LogP contribution in [0.25, 0.3) is 0 Å². The summed E-state index contributed by atoms with van der Waals surface area (Å²) in [6.07, 6.45) is 7.13. The fourth-order valence-corrected chi connectivity index (χ4v) is 3.61. The van der Waals surface area contributed by atoms with Gasteiger partial charge in [0.1, 0.15) is 0 Å². The molecule has 2 heteroatoms. The molecule has 2 aliphatic rings. The van der Waals surface area contributed by atoms with E-state index in [1.807, 2.05) is 0 Å². The molecule has 1 fully saturated rings. The molecule has 0 amide bonds. The summed E-state index contributed by atoms with van der Waals surface area (Å²) < 4.78 is 2.51. The zero-order valence-corrected chi connectivity index (χ0v) is 11.1. The summed E-state index contributed by atoms with van der Waals surface area (Å²) in [6, 6.07) is 14.1. The number of fused-ring (bicyclic) bond motifs is 1. The Morgan fingerprint density at radius 1 is 1.11 bits per heavy atom. The van der Waals surface area contributed by atoms with Crippen LogP contribution in [0.15, 0.2) is 42.6 Å². The second-order valence-corrected chi connectivity index (χ2v) is 5.94. The SMILES string of the molecule is NC1CCCc2c1ccn2C1CC1c1ccccc1. The lowest BCUT2D eigenvalue weighted by Crippen LogP contribution is -2.18. The first-order chi connectivity index (χ1) is 9.34. The maximum absolute atomic E-state index is 6.21. The first kappa shape index (κ1) is 11.3. The minimum Gasteiger partial charge on any atom is -0.347 e. The highest BCUT2D eigenvalue weighted by Gasteiger charge is 2.41. The Labute approximate surface area is 114 Å². The van der Waals surface area contributed by atoms with E-state index in [9.17, 15) is 0 Å². The summed E-state index contributed by atoms with van der Waals surface area (Å²) in [5.74, 6) is 0.704. The molecule has 1 saturated carbocycles. The second-order valence-electron chi connectivity index (χ2n) is 5.94. The lowest BCUT2D eigenvalue weighted by molar-refractivity contribution is 0.540. The lowest BCUT2D eigenvalue weighted by Gasteiger charge is -2.21. The van der Waals surface area contributed by atoms with Crippen LogP contribution in [0, 0.1) is 0 Å². The zero-order chi connectivity index (χ0) is 12.8. The van der Waals surface area contributed by atoms with Crippen molar-refractivity contribution >= 4 is 0 Å². The summed E-state index contributed by atoms with van der Waals surface area (Å²) in [4.78, 5) is 0. The Bertz CT molecular complexity index is 585. The molecule has 1 heterocycles. The Hall–Kier alpha value is -1.54. The van der Waals surface area contributed by atoms with Crippen molar-refractivity contribution in [1.82, 2.24) is 4.57 Å². The van der Waals surface area contributed by atoms with Gasteiger partial charge in [-0.15, -0.1) is 0 Å². The van der Waals surface area contributed by atoms with Crippen LogP contribution in [-0.2, 0) is 6.42 Å². The molecule has 1 aromatic heterocycles. The summed E-state index contributed by atoms with van der Waals surface area (Å²) in [5, 5.41) is 0. The molecular weight excluding hydrogens is 232 g/mol. The normalized spacial score (nSPS) is 29.0. The quantitative estimate of drug-likeness (QED) is 0.870. The predicted molar refractivity (Wildman–Crippen MR) is 77.1 cm³/mol. The fourth-order valence-electron chi connectivity index (χ4n) is 3.61. The van der Waals surface area contributed by atoms with Crippen molar-refractivity contribution in [3.63, 3.8) is 0 Å². The smallest absolute Gasteiger partial charge is 0.0409 e. The second kappa shape index (κ2) is 4.24. The van der Waals surface area contributed by atoms with Crippen molar-refractivity contribution in [2.75, 3.05) is 0 Å². The maximum Gasteiger partial charge on any atom is 0.0409 e. The summed E-state index contributed by atoms with van der Waals surface area (Å²) >= 11 is 0. The number of aromatic nitrogens is 1. The van der Waals surface area contributed by atoms with Crippen LogP contribution >= 0.6 is 0 Å². The monoisotopic (exact) mass is 252 g/mol. The third-order valence-electron chi connectivity index (χ3n) is 4.73. The topological polar surface area (TPSA) is 30.9 Å². The standard InChI is InChI=1S/C17H20N2/c18-15-7-4-8-16-13(15)9-10-19(16)17-11-14(17)12-5-2-1-3-6-12/h1-3,5-6,9-10,14-15,17H,4,7-8,11,18H2. The zero-order valence-electron chi connectivity index (χ0n) is 11.1. The Morgan fingerprint density at radius 3 is 2.79 bits per heavy atom. The lowest BCUT2D eigenvalue weighted by atomic mass is 9.93. The van der Waals surface area contributed by atoms with Crippen LogP contribution in [-0.4, -0.2) is 4.57 Å². The van der Waals surface area contributed by atoms with Crippen LogP contribution < -0.4 is 5.73 Å². The van der Waals surface area contributed by atoms with Gasteiger partial charge >= 0.3 is 0 Å². The van der Waals surface area contributed by atoms with E-state index in [-0.39, 0.29) is 6.04 Å². The van der Waals surface area contributed by atoms with Crippen molar-refractivity contribution < 1.29 is 0 Å². The number of hydrogen-bond acceptors (Lipinski definition) is 1. The maximum atomic E-state index is 6.21. The molecule has 0 bridgehead atoms. The minimum absolute atomic E-state index is 0.263. The van der Waals surface area contributed by atoms with Crippen molar-refractivity contribution in [3.05, 3.63) is 59.4 Å². The van der Waals surface area contributed by atoms with Gasteiger partial charge in [-0.2, -0.15) is 0 Å². The van der Waals surface area contributed by atoms with Gasteiger partial charge in [0.05, 0.1) is 0 Å². The molecular formula is C17H20N2. The van der Waals surface area contributed by atoms with Gasteiger partial charge in [-0.25, -0.2) is 0 Å². The van der Waals surface area contributed by atoms with Crippen molar-refractivity contribution in [2.45, 2.75) is 43.7 Å². The highest BCUT2D eigenvalue weighted by molar-refractivity contribution is 5.33. The van der Waals surface area contributed by atoms with E-state index in [1.165, 1.54) is 36.1 Å². The third-order valence-corrected chi connectivity index (χ3v) is 4.73. The average molecular weight is 252 g/mol. The first-order valence-corrected chi connectivity index (χ1v) is 7.35. The Balaban J connectivity index is 1.62. The van der Waals surface area contributed by atoms with E-state index in [4.69, 9.17) is 5.73 Å². The number of rotatable bonds is 2. The molecule has 98 valence electrons. The molecule has 1 aromatic carbocycles. The molecule has 4 rings (SSSR count). The van der Waals surface area contributed by atoms with E-state index in [0.717, 1.165) is 6.42 Å². The molecule has 3 unspecified atom stereocenters. The van der Waals surface area contributed by atoms with Crippen LogP contribution in [0.2, 0.25) is 0 Å². The van der Waals surface area contributed by atoms with E-state index >= 15 is 0 Å². The Kier molecular flexibility index (Phi) is 2.52. The molecule has 3 atom stereocenters. The summed E-state index contributed by atoms with van der Waals surface area (Å²) in [7, 11) is 0. The van der Waals surface area contributed by atoms with E-state index in [1.54, 1.807) is 0 Å². The van der Waals surface area contributed by atoms with E-state index < -0.39 is 0 Å². The number of nitrogens with two attached hydrogens (primary N) is 1. The highest BCUT2D eigenvalue weighted by atomic mass is 15.1. The van der Waals surface area contributed by atoms with Gasteiger partial charge in [0.15, 0.2) is 0 Å². The molecule has 0 saturated heterocycles. The first-order valence-electron chi connectivity index (χ1n) is 7.35. The molecule has 2 nitrogen and oxygen atoms in total. The van der Waals surface area contributed by atoms with Gasteiger partial charge in [-0.3, -0.25) is 0 Å². The van der Waals surface area contributed by atoms with Crippen LogP contribution in [0.1, 0.15) is 54.1 Å². The molecule has 2 N–H and O–H groups in total. The van der Waals surface area contributed by atoms with Gasteiger partial charge in [0.25, 0.3) is 0 Å². The van der Waals surface area contributed by atoms with E-state index in [2.05, 4.69) is 47.2 Å². The van der Waals surface area contributed by atoms with Crippen molar-refractivity contribution in [1.29, 1.82) is 0 Å². The van der Waals surface area contributed by atoms with Gasteiger partial charge in [-0.05, 0) is 42.9 Å². The predicted octanol–water partition coefficient (Wildman–Crippen LogP) is 3.55. The number of benzene rings is 1. The van der Waals surface area contributed by atoms with Gasteiger partial charge < -0.3 is 10.3 Å². The largest absolute Gasteiger partial charge is 0.347 e. The van der Waals surface area contributed by atoms with Crippen molar-refractivity contribution in [2.24, 2.45) is 5.73 Å². The molecule has 2 aromatic rings. The Morgan fingerprint density at radius 2 is 1.95 bits per heavy atom. The average Bonchev–Trinajstić information content (AvgIpc) is 3.12. The fraction of sp³-hybridized carbons (Fsp3) is 0.412. The number of hydrogen-bond donors (Lipinski definition) is 1. The van der Waals surface area contributed by atoms with Crippen molar-refractivity contribution in [3.8, 4) is 0 Å². The highest BCUT2D eigenvalue weighted by Crippen LogP contribution is 2.52. The molecule has 0 spiro atoms. The van der Waals surface area contributed by atoms with Gasteiger partial charge in [0.2, 0.25) is 0 Å². The van der Waals surface area contributed by atoms with Gasteiger partial charge in [-0.1, -0.05) is 30.3 Å². The molecule has 0 radical (unpaired) electrons. The number of nitrogens with zero attached hydrogens (tertiary/aromatic N) is 1. The molecule has 19 heavy (non-hydrogen) atoms. The van der Waals surface area contributed by atoms with Crippen LogP contribution in [0.4, 0.5) is 0 Å². The van der Waals surface area contributed by atoms with Crippen LogP contribution in [0.5, 0.6) is 0 Å². The van der Waals surface area contributed by atoms with E-state index in [0.29, 0.717) is 12.0 Å². The third kappa shape index (κ3) is 1.82. The van der Waals surface area contributed by atoms with Crippen LogP contribution in [0.3, 0.4) is 0 Å². The van der Waals surface area contributed by atoms with Gasteiger partial charge in [0, 0.05) is 29.9 Å². The summed E-state index contributed by atoms with van der Waals surface area (Å²) in [5.41, 5.74) is 10.6. The minimum atomic E-state index is 0.263.